The second kappa shape index (κ2) is 9.78. The zero-order chi connectivity index (χ0) is 18.2. The summed E-state index contributed by atoms with van der Waals surface area (Å²) in [5, 5.41) is 11.2. The molecule has 146 valence electrons. The van der Waals surface area contributed by atoms with Crippen molar-refractivity contribution < 1.29 is 0 Å². The van der Waals surface area contributed by atoms with Crippen molar-refractivity contribution in [3.05, 3.63) is 16.3 Å². The number of guanidine groups is 1. The molecule has 2 aliphatic rings. The second-order valence-electron chi connectivity index (χ2n) is 7.60. The highest BCUT2D eigenvalue weighted by atomic mass is 16.2. The number of aliphatic imine (C=N–C) groups is 1. The molecule has 1 aromatic rings. The first-order chi connectivity index (χ1) is 12.8. The maximum absolute atomic E-state index is 12.3. The summed E-state index contributed by atoms with van der Waals surface area (Å²) in [7, 11) is 1.81. The van der Waals surface area contributed by atoms with Gasteiger partial charge in [-0.3, -0.25) is 9.56 Å². The molecule has 0 saturated heterocycles. The van der Waals surface area contributed by atoms with Gasteiger partial charge >= 0.3 is 5.69 Å². The summed E-state index contributed by atoms with van der Waals surface area (Å²) in [6, 6.07) is 0. The third kappa shape index (κ3) is 5.11. The van der Waals surface area contributed by atoms with Crippen LogP contribution in [0, 0.1) is 5.92 Å². The molecule has 0 aromatic carbocycles. The average Bonchev–Trinajstić information content (AvgIpc) is 3.29. The van der Waals surface area contributed by atoms with E-state index in [1.54, 1.807) is 11.7 Å². The highest BCUT2D eigenvalue weighted by Crippen LogP contribution is 2.28. The molecule has 1 aromatic heterocycles. The van der Waals surface area contributed by atoms with Crippen molar-refractivity contribution in [1.29, 1.82) is 0 Å². The molecule has 7 nitrogen and oxygen atoms in total. The average molecular weight is 363 g/mol. The molecule has 0 spiro atoms. The quantitative estimate of drug-likeness (QED) is 0.421. The lowest BCUT2D eigenvalue weighted by molar-refractivity contribution is 0.481. The van der Waals surface area contributed by atoms with E-state index in [-0.39, 0.29) is 5.69 Å². The molecule has 2 N–H and O–H groups in total. The lowest BCUT2D eigenvalue weighted by Gasteiger charge is -2.13. The van der Waals surface area contributed by atoms with Gasteiger partial charge in [0, 0.05) is 39.6 Å². The zero-order valence-corrected chi connectivity index (χ0v) is 16.2. The Kier molecular flexibility index (Phi) is 7.14. The van der Waals surface area contributed by atoms with E-state index in [4.69, 9.17) is 0 Å². The standard InChI is InChI=1S/C19H34N6O/c1-20-18(21-12-6-10-16-8-2-3-9-16)22-13-7-15-25-19(26)24-14-5-4-11-17(24)23-25/h16H,2-15H2,1H3,(H2,20,21,22). The number of aromatic nitrogens is 3. The highest BCUT2D eigenvalue weighted by Gasteiger charge is 2.16. The topological polar surface area (TPSA) is 76.2 Å². The van der Waals surface area contributed by atoms with Crippen molar-refractivity contribution >= 4 is 5.96 Å². The molecule has 7 heteroatoms. The van der Waals surface area contributed by atoms with Crippen LogP contribution in [0.25, 0.3) is 0 Å². The van der Waals surface area contributed by atoms with Crippen molar-refractivity contribution in [2.24, 2.45) is 10.9 Å². The molecule has 3 rings (SSSR count). The maximum atomic E-state index is 12.3. The molecule has 26 heavy (non-hydrogen) atoms. The van der Waals surface area contributed by atoms with Crippen LogP contribution in [0.15, 0.2) is 9.79 Å². The third-order valence-electron chi connectivity index (χ3n) is 5.65. The van der Waals surface area contributed by atoms with Gasteiger partial charge in [0.25, 0.3) is 0 Å². The number of hydrogen-bond donors (Lipinski definition) is 2. The third-order valence-corrected chi connectivity index (χ3v) is 5.65. The summed E-state index contributed by atoms with van der Waals surface area (Å²) in [5.74, 6) is 2.76. The van der Waals surface area contributed by atoms with Crippen LogP contribution in [-0.4, -0.2) is 40.4 Å². The summed E-state index contributed by atoms with van der Waals surface area (Å²) in [6.45, 7) is 3.24. The number of nitrogens with one attached hydrogen (secondary N) is 2. The Hall–Kier alpha value is -1.79. The fourth-order valence-electron chi connectivity index (χ4n) is 4.15. The monoisotopic (exact) mass is 362 g/mol. The van der Waals surface area contributed by atoms with E-state index in [9.17, 15) is 4.79 Å². The molecule has 0 radical (unpaired) electrons. The first-order valence-electron chi connectivity index (χ1n) is 10.4. The normalized spacial score (nSPS) is 18.1. The Morgan fingerprint density at radius 3 is 2.65 bits per heavy atom. The lowest BCUT2D eigenvalue weighted by Crippen LogP contribution is -2.38. The molecule has 1 aliphatic carbocycles. The number of aryl methyl sites for hydroxylation is 2. The van der Waals surface area contributed by atoms with Gasteiger partial charge in [-0.05, 0) is 38.0 Å². The molecule has 1 aliphatic heterocycles. The Balaban J connectivity index is 1.32. The fraction of sp³-hybridized carbons (Fsp3) is 0.842. The molecule has 0 amide bonds. The number of hydrogen-bond acceptors (Lipinski definition) is 3. The smallest absolute Gasteiger partial charge is 0.345 e. The zero-order valence-electron chi connectivity index (χ0n) is 16.2. The Morgan fingerprint density at radius 1 is 1.15 bits per heavy atom. The van der Waals surface area contributed by atoms with Crippen molar-refractivity contribution in [1.82, 2.24) is 25.0 Å². The second-order valence-corrected chi connectivity index (χ2v) is 7.60. The van der Waals surface area contributed by atoms with Gasteiger partial charge in [-0.2, -0.15) is 5.10 Å². The van der Waals surface area contributed by atoms with Crippen LogP contribution in [0.3, 0.4) is 0 Å². The number of nitrogens with zero attached hydrogens (tertiary/aromatic N) is 4. The van der Waals surface area contributed by atoms with Crippen LogP contribution in [0.4, 0.5) is 0 Å². The van der Waals surface area contributed by atoms with Crippen molar-refractivity contribution in [3.8, 4) is 0 Å². The van der Waals surface area contributed by atoms with Crippen molar-refractivity contribution in [2.45, 2.75) is 77.3 Å². The van der Waals surface area contributed by atoms with Gasteiger partial charge in [-0.25, -0.2) is 9.48 Å². The van der Waals surface area contributed by atoms with Crippen LogP contribution in [0.2, 0.25) is 0 Å². The summed E-state index contributed by atoms with van der Waals surface area (Å²) in [6.07, 6.45) is 12.2. The van der Waals surface area contributed by atoms with Crippen LogP contribution >= 0.6 is 0 Å². The molecular formula is C19H34N6O. The predicted octanol–water partition coefficient (Wildman–Crippen LogP) is 1.91. The Morgan fingerprint density at radius 2 is 1.92 bits per heavy atom. The first-order valence-corrected chi connectivity index (χ1v) is 10.4. The molecule has 1 saturated carbocycles. The Labute approximate surface area is 156 Å². The van der Waals surface area contributed by atoms with Crippen LogP contribution in [0.1, 0.15) is 63.6 Å². The van der Waals surface area contributed by atoms with Gasteiger partial charge in [0.15, 0.2) is 5.96 Å². The van der Waals surface area contributed by atoms with E-state index in [2.05, 4.69) is 20.7 Å². The van der Waals surface area contributed by atoms with Crippen LogP contribution in [-0.2, 0) is 19.5 Å². The first kappa shape index (κ1) is 19.0. The van der Waals surface area contributed by atoms with Crippen molar-refractivity contribution in [3.63, 3.8) is 0 Å². The Bertz CT molecular complexity index is 641. The predicted molar refractivity (Wildman–Crippen MR) is 105 cm³/mol. The van der Waals surface area contributed by atoms with Gasteiger partial charge in [0.05, 0.1) is 0 Å². The van der Waals surface area contributed by atoms with E-state index in [1.807, 2.05) is 4.57 Å². The minimum Gasteiger partial charge on any atom is -0.356 e. The van der Waals surface area contributed by atoms with E-state index in [0.717, 1.165) is 63.0 Å². The largest absolute Gasteiger partial charge is 0.356 e. The van der Waals surface area contributed by atoms with E-state index in [0.29, 0.717) is 6.54 Å². The number of fused-ring (bicyclic) bond motifs is 1. The van der Waals surface area contributed by atoms with Crippen LogP contribution < -0.4 is 16.3 Å². The summed E-state index contributed by atoms with van der Waals surface area (Å²) < 4.78 is 3.46. The summed E-state index contributed by atoms with van der Waals surface area (Å²) in [5.41, 5.74) is 0.0501. The minimum atomic E-state index is 0.0501. The van der Waals surface area contributed by atoms with Gasteiger partial charge in [0.1, 0.15) is 5.82 Å². The summed E-state index contributed by atoms with van der Waals surface area (Å²) >= 11 is 0. The van der Waals surface area contributed by atoms with Gasteiger partial charge in [-0.1, -0.05) is 25.7 Å². The fourth-order valence-corrected chi connectivity index (χ4v) is 4.15. The van der Waals surface area contributed by atoms with Crippen LogP contribution in [0.5, 0.6) is 0 Å². The molecule has 1 fully saturated rings. The molecule has 0 atom stereocenters. The molecular weight excluding hydrogens is 328 g/mol. The van der Waals surface area contributed by atoms with Gasteiger partial charge in [-0.15, -0.1) is 0 Å². The van der Waals surface area contributed by atoms with Crippen molar-refractivity contribution in [2.75, 3.05) is 20.1 Å². The highest BCUT2D eigenvalue weighted by molar-refractivity contribution is 5.79. The van der Waals surface area contributed by atoms with Gasteiger partial charge in [0.2, 0.25) is 0 Å². The van der Waals surface area contributed by atoms with E-state index in [1.165, 1.54) is 38.5 Å². The SMILES string of the molecule is CN=C(NCCCC1CCCC1)NCCCn1nc2n(c1=O)CCCC2. The lowest BCUT2D eigenvalue weighted by atomic mass is 10.0. The summed E-state index contributed by atoms with van der Waals surface area (Å²) in [4.78, 5) is 16.6. The van der Waals surface area contributed by atoms with E-state index >= 15 is 0 Å². The maximum Gasteiger partial charge on any atom is 0.345 e. The molecule has 0 bridgehead atoms. The molecule has 2 heterocycles. The van der Waals surface area contributed by atoms with E-state index < -0.39 is 0 Å². The minimum absolute atomic E-state index is 0.0501. The number of rotatable bonds is 8. The van der Waals surface area contributed by atoms with Gasteiger partial charge < -0.3 is 10.6 Å². The molecule has 0 unspecified atom stereocenters.